The van der Waals surface area contributed by atoms with Crippen LogP contribution < -0.4 is 0 Å². The van der Waals surface area contributed by atoms with Gasteiger partial charge in [0, 0.05) is 9.79 Å². The first-order valence-electron chi connectivity index (χ1n) is 5.22. The van der Waals surface area contributed by atoms with E-state index in [4.69, 9.17) is 12.8 Å². The summed E-state index contributed by atoms with van der Waals surface area (Å²) in [7, 11) is -1.77. The molecule has 0 aliphatic rings. The van der Waals surface area contributed by atoms with E-state index in [-0.39, 0.29) is 0 Å². The van der Waals surface area contributed by atoms with Gasteiger partial charge in [0.1, 0.15) is 0 Å². The summed E-state index contributed by atoms with van der Waals surface area (Å²) in [5.74, 6) is 0. The summed E-state index contributed by atoms with van der Waals surface area (Å²) in [6.45, 7) is 0. The summed E-state index contributed by atoms with van der Waals surface area (Å²) in [6.07, 6.45) is 11.5. The molecule has 0 unspecified atom stereocenters. The largest absolute Gasteiger partial charge is 0.108 e. The Balaban J connectivity index is 2.65. The zero-order valence-electron chi connectivity index (χ0n) is 9.34. The van der Waals surface area contributed by atoms with Crippen molar-refractivity contribution in [2.45, 2.75) is 9.79 Å². The Labute approximate surface area is 104 Å². The van der Waals surface area contributed by atoms with Gasteiger partial charge in [-0.25, -0.2) is 0 Å². The molecular weight excluding hydrogens is 224 g/mol. The van der Waals surface area contributed by atoms with Gasteiger partial charge in [-0.15, -0.1) is 12.8 Å². The molecule has 2 aromatic rings. The molecule has 82 valence electrons. The molecular formula is C16H12S. The molecule has 0 fully saturated rings. The van der Waals surface area contributed by atoms with Crippen molar-refractivity contribution < 1.29 is 0 Å². The van der Waals surface area contributed by atoms with Crippen LogP contribution >= 0.6 is 10.0 Å². The third kappa shape index (κ3) is 1.94. The lowest BCUT2D eigenvalue weighted by Gasteiger charge is -2.28. The van der Waals surface area contributed by atoms with Crippen molar-refractivity contribution in [3.8, 4) is 23.4 Å². The highest BCUT2D eigenvalue weighted by molar-refractivity contribution is 8.41. The van der Waals surface area contributed by atoms with Gasteiger partial charge in [0.15, 0.2) is 0 Å². The second kappa shape index (κ2) is 4.83. The van der Waals surface area contributed by atoms with Crippen LogP contribution in [0.1, 0.15) is 0 Å². The van der Waals surface area contributed by atoms with Crippen molar-refractivity contribution in [3.05, 3.63) is 60.7 Å². The monoisotopic (exact) mass is 236 g/mol. The first-order valence-corrected chi connectivity index (χ1v) is 6.85. The van der Waals surface area contributed by atoms with Crippen molar-refractivity contribution in [1.29, 1.82) is 0 Å². The van der Waals surface area contributed by atoms with Crippen LogP contribution in [0.25, 0.3) is 0 Å². The molecule has 0 N–H and O–H groups in total. The first kappa shape index (κ1) is 11.4. The molecule has 17 heavy (non-hydrogen) atoms. The van der Waals surface area contributed by atoms with E-state index < -0.39 is 10.0 Å². The minimum absolute atomic E-state index is 1.04. The second-order valence-corrected chi connectivity index (χ2v) is 6.11. The third-order valence-electron chi connectivity index (χ3n) is 2.55. The van der Waals surface area contributed by atoms with E-state index in [9.17, 15) is 0 Å². The van der Waals surface area contributed by atoms with Gasteiger partial charge in [-0.05, 0) is 34.8 Å². The zero-order valence-corrected chi connectivity index (χ0v) is 10.2. The summed E-state index contributed by atoms with van der Waals surface area (Å²) in [5.41, 5.74) is 0. The quantitative estimate of drug-likeness (QED) is 0.689. The van der Waals surface area contributed by atoms with Gasteiger partial charge >= 0.3 is 0 Å². The Kier molecular flexibility index (Phi) is 3.24. The van der Waals surface area contributed by atoms with Crippen LogP contribution in [0.3, 0.4) is 0 Å². The maximum absolute atomic E-state index is 5.73. The standard InChI is InChI=1S/C16H12S/c1-3-17(4-2,15-11-7-5-8-12-15)16-13-9-6-10-14-16/h1-2,5-14H. The van der Waals surface area contributed by atoms with Crippen LogP contribution in [0.4, 0.5) is 0 Å². The fraction of sp³-hybridized carbons (Fsp3) is 0. The predicted molar refractivity (Wildman–Crippen MR) is 74.7 cm³/mol. The minimum Gasteiger partial charge on any atom is -0.108 e. The van der Waals surface area contributed by atoms with E-state index in [1.165, 1.54) is 0 Å². The molecule has 0 nitrogen and oxygen atoms in total. The number of benzene rings is 2. The SMILES string of the molecule is C#CS(C#C)(c1ccccc1)c1ccccc1. The molecule has 0 aromatic heterocycles. The molecule has 0 amide bonds. The molecule has 2 aromatic carbocycles. The summed E-state index contributed by atoms with van der Waals surface area (Å²) in [5, 5.41) is 5.69. The topological polar surface area (TPSA) is 0 Å². The van der Waals surface area contributed by atoms with Gasteiger partial charge in [0.2, 0.25) is 0 Å². The van der Waals surface area contributed by atoms with E-state index in [0.29, 0.717) is 0 Å². The Morgan fingerprint density at radius 1 is 0.647 bits per heavy atom. The Hall–Kier alpha value is -2.09. The summed E-state index contributed by atoms with van der Waals surface area (Å²) in [6, 6.07) is 19.8. The van der Waals surface area contributed by atoms with Crippen LogP contribution in [0.15, 0.2) is 70.5 Å². The molecule has 0 atom stereocenters. The Bertz CT molecular complexity index is 515. The number of terminal acetylenes is 2. The zero-order chi connectivity index (χ0) is 12.1. The maximum Gasteiger partial charge on any atom is 0.0160 e. The van der Waals surface area contributed by atoms with Crippen molar-refractivity contribution in [3.63, 3.8) is 0 Å². The van der Waals surface area contributed by atoms with Crippen molar-refractivity contribution in [2.75, 3.05) is 0 Å². The van der Waals surface area contributed by atoms with Gasteiger partial charge in [0.05, 0.1) is 0 Å². The lowest BCUT2D eigenvalue weighted by Crippen LogP contribution is -1.96. The van der Waals surface area contributed by atoms with Crippen LogP contribution in [-0.2, 0) is 0 Å². The van der Waals surface area contributed by atoms with Crippen molar-refractivity contribution in [1.82, 2.24) is 0 Å². The average molecular weight is 236 g/mol. The van der Waals surface area contributed by atoms with E-state index >= 15 is 0 Å². The third-order valence-corrected chi connectivity index (χ3v) is 5.21. The first-order chi connectivity index (χ1) is 8.33. The van der Waals surface area contributed by atoms with Gasteiger partial charge < -0.3 is 0 Å². The van der Waals surface area contributed by atoms with Crippen molar-refractivity contribution in [2.24, 2.45) is 0 Å². The smallest absolute Gasteiger partial charge is 0.0160 e. The highest BCUT2D eigenvalue weighted by Crippen LogP contribution is 2.60. The summed E-state index contributed by atoms with van der Waals surface area (Å²) in [4.78, 5) is 2.08. The van der Waals surface area contributed by atoms with E-state index in [1.807, 2.05) is 60.7 Å². The highest BCUT2D eigenvalue weighted by atomic mass is 32.3. The van der Waals surface area contributed by atoms with Gasteiger partial charge in [-0.1, -0.05) is 46.4 Å². The minimum atomic E-state index is -1.77. The normalized spacial score (nSPS) is 11.2. The highest BCUT2D eigenvalue weighted by Gasteiger charge is 2.23. The number of hydrogen-bond acceptors (Lipinski definition) is 0. The molecule has 0 heterocycles. The lowest BCUT2D eigenvalue weighted by atomic mass is 10.4. The molecule has 0 aliphatic carbocycles. The average Bonchev–Trinajstić information content (AvgIpc) is 2.43. The molecule has 0 bridgehead atoms. The number of hydrogen-bond donors (Lipinski definition) is 0. The fourth-order valence-corrected chi connectivity index (χ4v) is 3.71. The lowest BCUT2D eigenvalue weighted by molar-refractivity contribution is 1.38. The van der Waals surface area contributed by atoms with Gasteiger partial charge in [-0.3, -0.25) is 0 Å². The maximum atomic E-state index is 5.73. The van der Waals surface area contributed by atoms with Crippen LogP contribution in [0.5, 0.6) is 0 Å². The predicted octanol–water partition coefficient (Wildman–Crippen LogP) is 4.09. The van der Waals surface area contributed by atoms with E-state index in [0.717, 1.165) is 9.79 Å². The summed E-state index contributed by atoms with van der Waals surface area (Å²) < 4.78 is 0. The van der Waals surface area contributed by atoms with Crippen molar-refractivity contribution >= 4 is 10.0 Å². The van der Waals surface area contributed by atoms with E-state index in [2.05, 4.69) is 10.5 Å². The molecule has 0 aliphatic heterocycles. The summed E-state index contributed by atoms with van der Waals surface area (Å²) >= 11 is 0. The van der Waals surface area contributed by atoms with Crippen LogP contribution in [-0.4, -0.2) is 0 Å². The molecule has 1 heteroatoms. The van der Waals surface area contributed by atoms with Crippen LogP contribution in [0.2, 0.25) is 0 Å². The Morgan fingerprint density at radius 3 is 1.29 bits per heavy atom. The van der Waals surface area contributed by atoms with Crippen LogP contribution in [0, 0.1) is 23.4 Å². The number of rotatable bonds is 2. The molecule has 0 saturated heterocycles. The fourth-order valence-electron chi connectivity index (χ4n) is 1.69. The Morgan fingerprint density at radius 2 is 1.00 bits per heavy atom. The molecule has 2 rings (SSSR count). The van der Waals surface area contributed by atoms with Gasteiger partial charge in [-0.2, -0.15) is 0 Å². The molecule has 0 spiro atoms. The van der Waals surface area contributed by atoms with Gasteiger partial charge in [0.25, 0.3) is 0 Å². The second-order valence-electron chi connectivity index (χ2n) is 3.47. The van der Waals surface area contributed by atoms with E-state index in [1.54, 1.807) is 0 Å². The molecule has 0 radical (unpaired) electrons. The molecule has 0 saturated carbocycles.